The summed E-state index contributed by atoms with van der Waals surface area (Å²) in [4.78, 5) is 7.81. The molecule has 0 unspecified atom stereocenters. The summed E-state index contributed by atoms with van der Waals surface area (Å²) in [5.41, 5.74) is 1.53. The minimum absolute atomic E-state index is 0.0755. The lowest BCUT2D eigenvalue weighted by molar-refractivity contribution is 0.579. The quantitative estimate of drug-likeness (QED) is 0.900. The molecule has 0 bridgehead atoms. The fourth-order valence-electron chi connectivity index (χ4n) is 1.88. The van der Waals surface area contributed by atoms with Crippen LogP contribution in [0.3, 0.4) is 0 Å². The number of rotatable bonds is 5. The van der Waals surface area contributed by atoms with Crippen LogP contribution >= 0.6 is 0 Å². The van der Waals surface area contributed by atoms with Gasteiger partial charge < -0.3 is 0 Å². The smallest absolute Gasteiger partial charge is 0.243 e. The first kappa shape index (κ1) is 15.1. The van der Waals surface area contributed by atoms with Crippen molar-refractivity contribution >= 4 is 10.0 Å². The standard InChI is InChI=1S/C14H14N4O2S/c1-2-11-5-3-7-17-13(11)10-18-21(19,20)14-6-4-8-16-12(14)9-15/h3-8,18H,2,10H2,1H3. The molecule has 108 valence electrons. The molecule has 0 amide bonds. The van der Waals surface area contributed by atoms with Crippen molar-refractivity contribution in [3.05, 3.63) is 53.6 Å². The van der Waals surface area contributed by atoms with Crippen LogP contribution in [0, 0.1) is 11.3 Å². The summed E-state index contributed by atoms with van der Waals surface area (Å²) < 4.78 is 27.0. The first-order chi connectivity index (χ1) is 10.1. The maximum atomic E-state index is 12.3. The maximum absolute atomic E-state index is 12.3. The summed E-state index contributed by atoms with van der Waals surface area (Å²) in [5.74, 6) is 0. The third-order valence-electron chi connectivity index (χ3n) is 2.96. The summed E-state index contributed by atoms with van der Waals surface area (Å²) >= 11 is 0. The molecule has 0 aliphatic heterocycles. The Morgan fingerprint density at radius 3 is 2.67 bits per heavy atom. The number of pyridine rings is 2. The molecule has 1 N–H and O–H groups in total. The van der Waals surface area contributed by atoms with Gasteiger partial charge in [0.25, 0.3) is 0 Å². The van der Waals surface area contributed by atoms with Crippen LogP contribution in [0.1, 0.15) is 23.9 Å². The van der Waals surface area contributed by atoms with Crippen LogP contribution in [-0.4, -0.2) is 18.4 Å². The summed E-state index contributed by atoms with van der Waals surface area (Å²) in [5, 5.41) is 8.93. The van der Waals surface area contributed by atoms with E-state index in [1.54, 1.807) is 12.3 Å². The molecule has 0 spiro atoms. The highest BCUT2D eigenvalue weighted by Crippen LogP contribution is 2.13. The van der Waals surface area contributed by atoms with Gasteiger partial charge in [0.1, 0.15) is 11.0 Å². The van der Waals surface area contributed by atoms with Crippen LogP contribution in [0.25, 0.3) is 0 Å². The van der Waals surface area contributed by atoms with Crippen molar-refractivity contribution < 1.29 is 8.42 Å². The van der Waals surface area contributed by atoms with E-state index in [1.165, 1.54) is 18.3 Å². The second kappa shape index (κ2) is 6.43. The van der Waals surface area contributed by atoms with Gasteiger partial charge in [-0.2, -0.15) is 5.26 Å². The molecule has 7 heteroatoms. The molecular weight excluding hydrogens is 288 g/mol. The monoisotopic (exact) mass is 302 g/mol. The van der Waals surface area contributed by atoms with Crippen molar-refractivity contribution in [3.8, 4) is 6.07 Å². The van der Waals surface area contributed by atoms with Gasteiger partial charge in [0.2, 0.25) is 10.0 Å². The maximum Gasteiger partial charge on any atom is 0.243 e. The summed E-state index contributed by atoms with van der Waals surface area (Å²) in [6, 6.07) is 8.33. The van der Waals surface area contributed by atoms with E-state index < -0.39 is 10.0 Å². The molecule has 0 saturated carbocycles. The Morgan fingerprint density at radius 1 is 1.24 bits per heavy atom. The van der Waals surface area contributed by atoms with Gasteiger partial charge in [0.05, 0.1) is 12.2 Å². The lowest BCUT2D eigenvalue weighted by atomic mass is 10.1. The number of nitriles is 1. The third-order valence-corrected chi connectivity index (χ3v) is 4.39. The van der Waals surface area contributed by atoms with Crippen LogP contribution in [-0.2, 0) is 23.0 Å². The van der Waals surface area contributed by atoms with Crippen molar-refractivity contribution in [3.63, 3.8) is 0 Å². The SMILES string of the molecule is CCc1cccnc1CNS(=O)(=O)c1cccnc1C#N. The number of sulfonamides is 1. The molecule has 21 heavy (non-hydrogen) atoms. The highest BCUT2D eigenvalue weighted by Gasteiger charge is 2.19. The molecule has 2 rings (SSSR count). The highest BCUT2D eigenvalue weighted by molar-refractivity contribution is 7.89. The van der Waals surface area contributed by atoms with Crippen LogP contribution in [0.15, 0.2) is 41.6 Å². The minimum Gasteiger partial charge on any atom is -0.260 e. The summed E-state index contributed by atoms with van der Waals surface area (Å²) in [6.07, 6.45) is 3.76. The molecule has 2 heterocycles. The van der Waals surface area contributed by atoms with Gasteiger partial charge in [-0.3, -0.25) is 4.98 Å². The number of aryl methyl sites for hydroxylation is 1. The Hall–Kier alpha value is -2.30. The normalized spacial score (nSPS) is 11.0. The van der Waals surface area contributed by atoms with E-state index in [9.17, 15) is 8.42 Å². The van der Waals surface area contributed by atoms with Gasteiger partial charge in [0.15, 0.2) is 5.69 Å². The number of nitrogens with one attached hydrogen (secondary N) is 1. The van der Waals surface area contributed by atoms with E-state index in [2.05, 4.69) is 14.7 Å². The predicted octanol–water partition coefficient (Wildman–Crippen LogP) is 1.39. The molecule has 6 nitrogen and oxygen atoms in total. The van der Waals surface area contributed by atoms with Crippen molar-refractivity contribution in [2.45, 2.75) is 24.8 Å². The molecule has 2 aromatic heterocycles. The largest absolute Gasteiger partial charge is 0.260 e. The Balaban J connectivity index is 2.25. The summed E-state index contributed by atoms with van der Waals surface area (Å²) in [7, 11) is -3.80. The second-order valence-electron chi connectivity index (χ2n) is 4.25. The average Bonchev–Trinajstić information content (AvgIpc) is 2.53. The zero-order chi connectivity index (χ0) is 15.3. The fraction of sp³-hybridized carbons (Fsp3) is 0.214. The van der Waals surface area contributed by atoms with Crippen LogP contribution < -0.4 is 4.72 Å². The fourth-order valence-corrected chi connectivity index (χ4v) is 2.98. The molecule has 0 fully saturated rings. The Kier molecular flexibility index (Phi) is 4.62. The minimum atomic E-state index is -3.80. The van der Waals surface area contributed by atoms with Crippen LogP contribution in [0.5, 0.6) is 0 Å². The molecule has 0 aromatic carbocycles. The van der Waals surface area contributed by atoms with E-state index in [1.807, 2.05) is 19.1 Å². The molecule has 0 radical (unpaired) electrons. The zero-order valence-corrected chi connectivity index (χ0v) is 12.3. The van der Waals surface area contributed by atoms with Crippen molar-refractivity contribution in [1.82, 2.24) is 14.7 Å². The van der Waals surface area contributed by atoms with E-state index >= 15 is 0 Å². The van der Waals surface area contributed by atoms with Crippen LogP contribution in [0.4, 0.5) is 0 Å². The van der Waals surface area contributed by atoms with Gasteiger partial charge in [0, 0.05) is 12.4 Å². The highest BCUT2D eigenvalue weighted by atomic mass is 32.2. The average molecular weight is 302 g/mol. The van der Waals surface area contributed by atoms with Crippen molar-refractivity contribution in [1.29, 1.82) is 5.26 Å². The molecule has 0 atom stereocenters. The first-order valence-electron chi connectivity index (χ1n) is 6.36. The van der Waals surface area contributed by atoms with E-state index in [4.69, 9.17) is 5.26 Å². The zero-order valence-electron chi connectivity index (χ0n) is 11.4. The summed E-state index contributed by atoms with van der Waals surface area (Å²) in [6.45, 7) is 2.05. The van der Waals surface area contributed by atoms with Gasteiger partial charge in [-0.15, -0.1) is 0 Å². The Bertz CT molecular complexity index is 782. The molecule has 0 aliphatic carbocycles. The topological polar surface area (TPSA) is 95.7 Å². The first-order valence-corrected chi connectivity index (χ1v) is 7.84. The molecule has 0 saturated heterocycles. The van der Waals surface area contributed by atoms with Crippen molar-refractivity contribution in [2.24, 2.45) is 0 Å². The third kappa shape index (κ3) is 3.42. The number of hydrogen-bond donors (Lipinski definition) is 1. The van der Waals surface area contributed by atoms with Gasteiger partial charge in [-0.05, 0) is 30.2 Å². The Morgan fingerprint density at radius 2 is 1.95 bits per heavy atom. The molecule has 0 aliphatic rings. The molecule has 2 aromatic rings. The van der Waals surface area contributed by atoms with E-state index in [-0.39, 0.29) is 17.1 Å². The van der Waals surface area contributed by atoms with Crippen molar-refractivity contribution in [2.75, 3.05) is 0 Å². The number of aromatic nitrogens is 2. The number of nitrogens with zero attached hydrogens (tertiary/aromatic N) is 3. The van der Waals surface area contributed by atoms with E-state index in [0.717, 1.165) is 12.0 Å². The van der Waals surface area contributed by atoms with Crippen LogP contribution in [0.2, 0.25) is 0 Å². The lowest BCUT2D eigenvalue weighted by Crippen LogP contribution is -2.25. The molecular formula is C14H14N4O2S. The van der Waals surface area contributed by atoms with Gasteiger partial charge in [-0.1, -0.05) is 13.0 Å². The van der Waals surface area contributed by atoms with Gasteiger partial charge in [-0.25, -0.2) is 18.1 Å². The number of hydrogen-bond acceptors (Lipinski definition) is 5. The lowest BCUT2D eigenvalue weighted by Gasteiger charge is -2.09. The predicted molar refractivity (Wildman–Crippen MR) is 76.6 cm³/mol. The Labute approximate surface area is 123 Å². The van der Waals surface area contributed by atoms with Gasteiger partial charge >= 0.3 is 0 Å². The van der Waals surface area contributed by atoms with E-state index in [0.29, 0.717) is 5.69 Å². The second-order valence-corrected chi connectivity index (χ2v) is 5.98.